The maximum absolute atomic E-state index is 13.1. The molecule has 9 heteroatoms. The van der Waals surface area contributed by atoms with Gasteiger partial charge in [0.05, 0.1) is 0 Å². The van der Waals surface area contributed by atoms with Crippen LogP contribution in [0.3, 0.4) is 0 Å². The number of ketones is 2. The van der Waals surface area contributed by atoms with Gasteiger partial charge in [0.2, 0.25) is 9.58 Å². The molecule has 0 unspecified atom stereocenters. The normalized spacial score (nSPS) is 14.6. The first-order chi connectivity index (χ1) is 18.2. The number of carbonyl (C=O) groups is 3. The van der Waals surface area contributed by atoms with E-state index >= 15 is 0 Å². The van der Waals surface area contributed by atoms with E-state index in [0.717, 1.165) is 43.2 Å². The molecular formula is C29H25Cl3N2O4. The molecule has 0 atom stereocenters. The lowest BCUT2D eigenvalue weighted by atomic mass is 9.96. The highest BCUT2D eigenvalue weighted by atomic mass is 35.6. The van der Waals surface area contributed by atoms with E-state index in [9.17, 15) is 14.4 Å². The molecule has 1 fully saturated rings. The minimum Gasteiger partial charge on any atom is -0.317 e. The fraction of sp³-hybridized carbons (Fsp3) is 0.241. The van der Waals surface area contributed by atoms with Crippen molar-refractivity contribution >= 4 is 58.2 Å². The summed E-state index contributed by atoms with van der Waals surface area (Å²) < 4.78 is -2.21. The van der Waals surface area contributed by atoms with Crippen molar-refractivity contribution in [1.82, 2.24) is 5.32 Å². The predicted molar refractivity (Wildman–Crippen MR) is 150 cm³/mol. The zero-order valence-electron chi connectivity index (χ0n) is 20.3. The van der Waals surface area contributed by atoms with Gasteiger partial charge in [-0.05, 0) is 24.0 Å². The van der Waals surface area contributed by atoms with Gasteiger partial charge in [-0.25, -0.2) is 4.79 Å². The van der Waals surface area contributed by atoms with Crippen LogP contribution in [-0.2, 0) is 4.84 Å². The molecule has 0 bridgehead atoms. The highest BCUT2D eigenvalue weighted by Gasteiger charge is 2.36. The van der Waals surface area contributed by atoms with Gasteiger partial charge in [-0.1, -0.05) is 138 Å². The Morgan fingerprint density at radius 1 is 0.737 bits per heavy atom. The SMILES string of the molecule is O=C(NC1CCCCC1)O/N=C(\C(=O)c1ccc(-c2ccc(C(=O)c3ccccc3)cc2)cc1)C(Cl)(Cl)Cl. The number of hydrogen-bond donors (Lipinski definition) is 1. The van der Waals surface area contributed by atoms with E-state index in [-0.39, 0.29) is 17.4 Å². The Morgan fingerprint density at radius 2 is 1.26 bits per heavy atom. The van der Waals surface area contributed by atoms with Crippen molar-refractivity contribution < 1.29 is 19.2 Å². The zero-order valence-corrected chi connectivity index (χ0v) is 22.6. The van der Waals surface area contributed by atoms with Crippen molar-refractivity contribution in [2.24, 2.45) is 5.16 Å². The van der Waals surface area contributed by atoms with Crippen LogP contribution < -0.4 is 5.32 Å². The van der Waals surface area contributed by atoms with Gasteiger partial charge in [-0.15, -0.1) is 0 Å². The summed E-state index contributed by atoms with van der Waals surface area (Å²) in [6.07, 6.45) is 4.09. The van der Waals surface area contributed by atoms with E-state index in [4.69, 9.17) is 39.6 Å². The number of benzene rings is 3. The highest BCUT2D eigenvalue weighted by Crippen LogP contribution is 2.31. The Labute approximate surface area is 235 Å². The first-order valence-corrected chi connectivity index (χ1v) is 13.3. The number of hydrogen-bond acceptors (Lipinski definition) is 5. The van der Waals surface area contributed by atoms with Gasteiger partial charge in [0, 0.05) is 22.7 Å². The van der Waals surface area contributed by atoms with Crippen LogP contribution in [0.2, 0.25) is 0 Å². The second kappa shape index (κ2) is 12.6. The summed E-state index contributed by atoms with van der Waals surface area (Å²) in [7, 11) is 0. The van der Waals surface area contributed by atoms with E-state index in [1.807, 2.05) is 30.3 Å². The third-order valence-corrected chi connectivity index (χ3v) is 6.83. The number of halogens is 3. The van der Waals surface area contributed by atoms with Crippen LogP contribution in [-0.4, -0.2) is 33.2 Å². The molecule has 0 saturated heterocycles. The summed E-state index contributed by atoms with van der Waals surface area (Å²) in [5, 5.41) is 6.32. The smallest absolute Gasteiger partial charge is 0.317 e. The lowest BCUT2D eigenvalue weighted by Gasteiger charge is -2.21. The minimum atomic E-state index is -2.21. The summed E-state index contributed by atoms with van der Waals surface area (Å²) in [5.74, 6) is -0.753. The van der Waals surface area contributed by atoms with Crippen molar-refractivity contribution in [3.8, 4) is 11.1 Å². The van der Waals surface area contributed by atoms with Crippen LogP contribution in [0.1, 0.15) is 58.4 Å². The molecule has 3 aromatic carbocycles. The second-order valence-corrected chi connectivity index (χ2v) is 11.3. The fourth-order valence-electron chi connectivity index (χ4n) is 4.27. The lowest BCUT2D eigenvalue weighted by molar-refractivity contribution is 0.103. The summed E-state index contributed by atoms with van der Waals surface area (Å²) in [5.41, 5.74) is 2.53. The molecule has 196 valence electrons. The maximum atomic E-state index is 13.1. The first kappa shape index (κ1) is 27.8. The second-order valence-electron chi connectivity index (χ2n) is 8.97. The molecule has 1 amide bonds. The molecule has 1 aliphatic carbocycles. The number of nitrogens with zero attached hydrogens (tertiary/aromatic N) is 1. The highest BCUT2D eigenvalue weighted by molar-refractivity contribution is 6.83. The Hall–Kier alpha value is -3.19. The van der Waals surface area contributed by atoms with Gasteiger partial charge in [0.15, 0.2) is 11.5 Å². The number of nitrogens with one attached hydrogen (secondary N) is 1. The standard InChI is InChI=1S/C29H25Cl3N2O4/c30-29(31,32)27(34-38-28(37)33-24-9-5-2-6-10-24)26(36)23-17-13-20(14-18-23)19-11-15-22(16-12-19)25(35)21-7-3-1-4-8-21/h1,3-4,7-8,11-18,24H,2,5-6,9-10H2,(H,33,37)/b34-27+. The van der Waals surface area contributed by atoms with Crippen LogP contribution in [0.15, 0.2) is 84.0 Å². The maximum Gasteiger partial charge on any atom is 0.433 e. The Kier molecular flexibility index (Phi) is 9.21. The fourth-order valence-corrected chi connectivity index (χ4v) is 4.63. The zero-order chi connectivity index (χ0) is 27.1. The van der Waals surface area contributed by atoms with Crippen molar-refractivity contribution in [2.75, 3.05) is 0 Å². The van der Waals surface area contributed by atoms with Crippen LogP contribution in [0.5, 0.6) is 0 Å². The molecule has 0 aromatic heterocycles. The largest absolute Gasteiger partial charge is 0.433 e. The van der Waals surface area contributed by atoms with Gasteiger partial charge in [0.25, 0.3) is 0 Å². The van der Waals surface area contributed by atoms with Gasteiger partial charge < -0.3 is 5.32 Å². The summed E-state index contributed by atoms with van der Waals surface area (Å²) in [4.78, 5) is 42.7. The van der Waals surface area contributed by atoms with Crippen molar-refractivity contribution in [2.45, 2.75) is 41.9 Å². The number of rotatable bonds is 7. The van der Waals surface area contributed by atoms with Crippen LogP contribution in [0.4, 0.5) is 4.79 Å². The Balaban J connectivity index is 1.45. The molecule has 1 N–H and O–H groups in total. The summed E-state index contributed by atoms with van der Waals surface area (Å²) in [6.45, 7) is 0. The Morgan fingerprint density at radius 3 is 1.82 bits per heavy atom. The number of carbonyl (C=O) groups excluding carboxylic acids is 3. The number of alkyl halides is 3. The number of oxime groups is 1. The van der Waals surface area contributed by atoms with Crippen molar-refractivity contribution in [3.05, 3.63) is 95.6 Å². The molecule has 1 aliphatic rings. The first-order valence-electron chi connectivity index (χ1n) is 12.2. The molecule has 1 saturated carbocycles. The van der Waals surface area contributed by atoms with Crippen LogP contribution in [0.25, 0.3) is 11.1 Å². The predicted octanol–water partition coefficient (Wildman–Crippen LogP) is 7.55. The molecule has 6 nitrogen and oxygen atoms in total. The van der Waals surface area contributed by atoms with Crippen molar-refractivity contribution in [1.29, 1.82) is 0 Å². The van der Waals surface area contributed by atoms with Gasteiger partial charge in [0.1, 0.15) is 0 Å². The van der Waals surface area contributed by atoms with Gasteiger partial charge in [-0.3, -0.25) is 14.4 Å². The average Bonchev–Trinajstić information content (AvgIpc) is 2.93. The van der Waals surface area contributed by atoms with E-state index in [2.05, 4.69) is 10.5 Å². The summed E-state index contributed by atoms with van der Waals surface area (Å²) >= 11 is 17.9. The van der Waals surface area contributed by atoms with E-state index in [1.165, 1.54) is 0 Å². The molecule has 38 heavy (non-hydrogen) atoms. The van der Waals surface area contributed by atoms with E-state index < -0.39 is 21.4 Å². The van der Waals surface area contributed by atoms with Crippen LogP contribution in [0, 0.1) is 0 Å². The molecule has 0 radical (unpaired) electrons. The average molecular weight is 572 g/mol. The van der Waals surface area contributed by atoms with E-state index in [1.54, 1.807) is 48.5 Å². The van der Waals surface area contributed by atoms with Crippen molar-refractivity contribution in [3.63, 3.8) is 0 Å². The van der Waals surface area contributed by atoms with Crippen LogP contribution >= 0.6 is 34.8 Å². The third kappa shape index (κ3) is 7.22. The topological polar surface area (TPSA) is 84.8 Å². The number of amides is 1. The number of Topliss-reactive ketones (excluding diaryl/α,β-unsaturated/α-hetero) is 1. The Bertz CT molecular complexity index is 1310. The lowest BCUT2D eigenvalue weighted by Crippen LogP contribution is -2.36. The molecular weight excluding hydrogens is 547 g/mol. The molecule has 3 aromatic rings. The van der Waals surface area contributed by atoms with Gasteiger partial charge >= 0.3 is 6.09 Å². The molecule has 0 spiro atoms. The minimum absolute atomic E-state index is 0.00330. The monoisotopic (exact) mass is 570 g/mol. The summed E-state index contributed by atoms with van der Waals surface area (Å²) in [6, 6.07) is 22.8. The quantitative estimate of drug-likeness (QED) is 0.104. The third-order valence-electron chi connectivity index (χ3n) is 6.29. The molecule has 4 rings (SSSR count). The van der Waals surface area contributed by atoms with E-state index in [0.29, 0.717) is 11.1 Å². The van der Waals surface area contributed by atoms with Gasteiger partial charge in [-0.2, -0.15) is 0 Å². The molecule has 0 aliphatic heterocycles. The molecule has 0 heterocycles.